The van der Waals surface area contributed by atoms with Gasteiger partial charge in [-0.2, -0.15) is 0 Å². The van der Waals surface area contributed by atoms with E-state index in [-0.39, 0.29) is 0 Å². The first kappa shape index (κ1) is 9.98. The van der Waals surface area contributed by atoms with Crippen LogP contribution in [0.15, 0.2) is 0 Å². The average Bonchev–Trinajstić information content (AvgIpc) is 1.98. The lowest BCUT2D eigenvalue weighted by Gasteiger charge is -2.15. The van der Waals surface area contributed by atoms with Crippen molar-refractivity contribution in [3.8, 4) is 0 Å². The van der Waals surface area contributed by atoms with Crippen LogP contribution >= 0.6 is 23.8 Å². The van der Waals surface area contributed by atoms with Crippen molar-refractivity contribution in [2.75, 3.05) is 19.7 Å². The van der Waals surface area contributed by atoms with Gasteiger partial charge in [-0.05, 0) is 18.6 Å². The van der Waals surface area contributed by atoms with E-state index in [0.717, 1.165) is 6.42 Å². The summed E-state index contributed by atoms with van der Waals surface area (Å²) in [6, 6.07) is 0.378. The Kier molecular flexibility index (Phi) is 5.73. The topological polar surface area (TPSA) is 12.5 Å². The van der Waals surface area contributed by atoms with Gasteiger partial charge in [-0.25, -0.2) is 0 Å². The van der Waals surface area contributed by atoms with Crippen molar-refractivity contribution in [3.05, 3.63) is 0 Å². The summed E-state index contributed by atoms with van der Waals surface area (Å²) >= 11 is 10.3. The Bertz CT molecular complexity index is 110. The molecule has 0 aromatic carbocycles. The van der Waals surface area contributed by atoms with Gasteiger partial charge in [-0.3, -0.25) is 0 Å². The van der Waals surface area contributed by atoms with Gasteiger partial charge in [0.05, 0.1) is 12.6 Å². The molecule has 0 radical (unpaired) electrons. The lowest BCUT2D eigenvalue weighted by molar-refractivity contribution is 0.266. The minimum Gasteiger partial charge on any atom is -0.471 e. The monoisotopic (exact) mass is 181 g/mol. The number of thiocarbonyl (C=S) groups is 1. The molecule has 0 aliphatic rings. The Labute approximate surface area is 72.1 Å². The number of nitrogens with zero attached hydrogens (tertiary/aromatic N) is 1. The summed E-state index contributed by atoms with van der Waals surface area (Å²) < 4.78 is 5.12. The van der Waals surface area contributed by atoms with E-state index in [2.05, 4.69) is 0 Å². The molecule has 2 nitrogen and oxygen atoms in total. The van der Waals surface area contributed by atoms with Gasteiger partial charge in [0, 0.05) is 7.05 Å². The maximum Gasteiger partial charge on any atom is 0.260 e. The van der Waals surface area contributed by atoms with Crippen molar-refractivity contribution < 1.29 is 4.74 Å². The molecule has 0 spiro atoms. The highest BCUT2D eigenvalue weighted by atomic mass is 35.5. The molecule has 60 valence electrons. The molecule has 0 saturated carbocycles. The van der Waals surface area contributed by atoms with Crippen LogP contribution in [-0.4, -0.2) is 29.7 Å². The molecule has 0 N–H and O–H groups in total. The fourth-order valence-corrected chi connectivity index (χ4v) is 0.676. The standard InChI is InChI=1S/C6H12ClNOS/c1-3-4-9-6(10)8(2)5-7/h3-5H2,1-2H3. The van der Waals surface area contributed by atoms with Crippen LogP contribution in [-0.2, 0) is 4.74 Å². The molecule has 0 rings (SSSR count). The van der Waals surface area contributed by atoms with E-state index in [0.29, 0.717) is 17.8 Å². The zero-order valence-corrected chi connectivity index (χ0v) is 7.84. The van der Waals surface area contributed by atoms with Gasteiger partial charge < -0.3 is 9.64 Å². The average molecular weight is 182 g/mol. The van der Waals surface area contributed by atoms with E-state index < -0.39 is 0 Å². The van der Waals surface area contributed by atoms with Crippen LogP contribution in [0, 0.1) is 0 Å². The van der Waals surface area contributed by atoms with Crippen LogP contribution < -0.4 is 0 Å². The number of hydrogen-bond acceptors (Lipinski definition) is 2. The third-order valence-corrected chi connectivity index (χ3v) is 1.71. The minimum absolute atomic E-state index is 0.378. The summed E-state index contributed by atoms with van der Waals surface area (Å²) in [6.07, 6.45) is 0.969. The second-order valence-electron chi connectivity index (χ2n) is 1.93. The Morgan fingerprint density at radius 2 is 2.30 bits per heavy atom. The van der Waals surface area contributed by atoms with Gasteiger partial charge in [0.15, 0.2) is 0 Å². The molecule has 0 bridgehead atoms. The SMILES string of the molecule is CCCOC(=S)N(C)CCl. The summed E-state index contributed by atoms with van der Waals surface area (Å²) in [4.78, 5) is 1.67. The van der Waals surface area contributed by atoms with Crippen LogP contribution in [0.5, 0.6) is 0 Å². The predicted molar refractivity (Wildman–Crippen MR) is 47.3 cm³/mol. The largest absolute Gasteiger partial charge is 0.471 e. The third-order valence-electron chi connectivity index (χ3n) is 0.921. The van der Waals surface area contributed by atoms with Crippen molar-refractivity contribution in [3.63, 3.8) is 0 Å². The van der Waals surface area contributed by atoms with E-state index in [9.17, 15) is 0 Å². The van der Waals surface area contributed by atoms with Crippen LogP contribution in [0.4, 0.5) is 0 Å². The normalized spacial score (nSPS) is 9.10. The number of rotatable bonds is 3. The molecule has 0 saturated heterocycles. The van der Waals surface area contributed by atoms with Crippen molar-refractivity contribution in [1.29, 1.82) is 0 Å². The minimum atomic E-state index is 0.378. The van der Waals surface area contributed by atoms with Crippen molar-refractivity contribution in [2.24, 2.45) is 0 Å². The van der Waals surface area contributed by atoms with Crippen molar-refractivity contribution >= 4 is 29.0 Å². The molecule has 0 atom stereocenters. The van der Waals surface area contributed by atoms with Crippen LogP contribution in [0.1, 0.15) is 13.3 Å². The number of ether oxygens (including phenoxy) is 1. The lowest BCUT2D eigenvalue weighted by Crippen LogP contribution is -2.25. The molecule has 10 heavy (non-hydrogen) atoms. The molecule has 0 aromatic heterocycles. The molecule has 4 heteroatoms. The zero-order valence-electron chi connectivity index (χ0n) is 6.26. The van der Waals surface area contributed by atoms with E-state index in [1.807, 2.05) is 6.92 Å². The van der Waals surface area contributed by atoms with Crippen LogP contribution in [0.25, 0.3) is 0 Å². The summed E-state index contributed by atoms with van der Waals surface area (Å²) in [5, 5.41) is 0.469. The third kappa shape index (κ3) is 3.90. The fourth-order valence-electron chi connectivity index (χ4n) is 0.348. The second kappa shape index (κ2) is 5.74. The predicted octanol–water partition coefficient (Wildman–Crippen LogP) is 1.83. The highest BCUT2D eigenvalue weighted by molar-refractivity contribution is 7.80. The molecular weight excluding hydrogens is 170 g/mol. The summed E-state index contributed by atoms with van der Waals surface area (Å²) in [6.45, 7) is 2.70. The molecule has 0 amide bonds. The number of hydrogen-bond donors (Lipinski definition) is 0. The van der Waals surface area contributed by atoms with E-state index in [4.69, 9.17) is 28.6 Å². The maximum atomic E-state index is 5.48. The van der Waals surface area contributed by atoms with E-state index in [1.54, 1.807) is 11.9 Å². The number of alkyl halides is 1. The van der Waals surface area contributed by atoms with Crippen LogP contribution in [0.2, 0.25) is 0 Å². The Hall–Kier alpha value is -0.0200. The maximum absolute atomic E-state index is 5.48. The fraction of sp³-hybridized carbons (Fsp3) is 0.833. The molecule has 0 heterocycles. The summed E-state index contributed by atoms with van der Waals surface area (Å²) in [7, 11) is 1.80. The van der Waals surface area contributed by atoms with Crippen LogP contribution in [0.3, 0.4) is 0 Å². The Morgan fingerprint density at radius 1 is 1.70 bits per heavy atom. The smallest absolute Gasteiger partial charge is 0.260 e. The van der Waals surface area contributed by atoms with E-state index in [1.165, 1.54) is 0 Å². The Balaban J connectivity index is 3.42. The zero-order chi connectivity index (χ0) is 7.98. The van der Waals surface area contributed by atoms with Gasteiger partial charge in [0.1, 0.15) is 0 Å². The quantitative estimate of drug-likeness (QED) is 0.375. The van der Waals surface area contributed by atoms with E-state index >= 15 is 0 Å². The molecular formula is C6H12ClNOS. The number of halogens is 1. The van der Waals surface area contributed by atoms with Gasteiger partial charge >= 0.3 is 0 Å². The first-order valence-corrected chi connectivity index (χ1v) is 4.10. The molecule has 0 aliphatic heterocycles. The second-order valence-corrected chi connectivity index (χ2v) is 2.52. The molecule has 0 fully saturated rings. The Morgan fingerprint density at radius 3 is 2.70 bits per heavy atom. The van der Waals surface area contributed by atoms with Crippen molar-refractivity contribution in [2.45, 2.75) is 13.3 Å². The highest BCUT2D eigenvalue weighted by Gasteiger charge is 2.00. The molecule has 0 aromatic rings. The highest BCUT2D eigenvalue weighted by Crippen LogP contribution is 1.93. The summed E-state index contributed by atoms with van der Waals surface area (Å²) in [5.41, 5.74) is 0. The van der Waals surface area contributed by atoms with Crippen molar-refractivity contribution in [1.82, 2.24) is 4.90 Å². The van der Waals surface area contributed by atoms with Gasteiger partial charge in [-0.1, -0.05) is 6.92 Å². The molecule has 0 aliphatic carbocycles. The summed E-state index contributed by atoms with van der Waals surface area (Å²) in [5.74, 6) is 0. The first-order valence-electron chi connectivity index (χ1n) is 3.16. The molecule has 0 unspecified atom stereocenters. The van der Waals surface area contributed by atoms with Gasteiger partial charge in [0.25, 0.3) is 5.17 Å². The first-order chi connectivity index (χ1) is 4.72. The van der Waals surface area contributed by atoms with Gasteiger partial charge in [-0.15, -0.1) is 11.6 Å². The van der Waals surface area contributed by atoms with Gasteiger partial charge in [0.2, 0.25) is 0 Å². The lowest BCUT2D eigenvalue weighted by atomic mass is 10.5.